The second-order valence-corrected chi connectivity index (χ2v) is 3.42. The van der Waals surface area contributed by atoms with E-state index in [2.05, 4.69) is 42.0 Å². The van der Waals surface area contributed by atoms with Gasteiger partial charge in [0.15, 0.2) is 0 Å². The van der Waals surface area contributed by atoms with Crippen LogP contribution < -0.4 is 10.2 Å². The molecule has 0 aliphatic carbocycles. The van der Waals surface area contributed by atoms with Gasteiger partial charge in [0, 0.05) is 25.7 Å². The van der Waals surface area contributed by atoms with Crippen LogP contribution in [0.1, 0.15) is 6.42 Å². The van der Waals surface area contributed by atoms with Crippen molar-refractivity contribution in [2.75, 3.05) is 23.8 Å². The van der Waals surface area contributed by atoms with E-state index in [1.54, 1.807) is 0 Å². The number of nitrogens with one attached hydrogen (secondary N) is 1. The van der Waals surface area contributed by atoms with Gasteiger partial charge in [-0.2, -0.15) is 0 Å². The molecular weight excluding hydrogens is 160 g/mol. The van der Waals surface area contributed by atoms with Gasteiger partial charge in [0.25, 0.3) is 0 Å². The Balaban J connectivity index is 2.43. The third-order valence-corrected chi connectivity index (χ3v) is 2.38. The molecule has 0 atom stereocenters. The molecule has 2 nitrogen and oxygen atoms in total. The first-order valence-corrected chi connectivity index (χ1v) is 4.52. The topological polar surface area (TPSA) is 15.3 Å². The van der Waals surface area contributed by atoms with Gasteiger partial charge in [-0.25, -0.2) is 0 Å². The lowest BCUT2D eigenvalue weighted by atomic mass is 10.2. The summed E-state index contributed by atoms with van der Waals surface area (Å²) in [4.78, 5) is 2.25. The van der Waals surface area contributed by atoms with E-state index in [0.717, 1.165) is 24.4 Å². The minimum Gasteiger partial charge on any atom is -0.373 e. The average Bonchev–Trinajstić information content (AvgIpc) is 2.27. The van der Waals surface area contributed by atoms with Crippen molar-refractivity contribution in [2.24, 2.45) is 0 Å². The van der Waals surface area contributed by atoms with Crippen LogP contribution in [0.2, 0.25) is 0 Å². The largest absolute Gasteiger partial charge is 0.373 e. The van der Waals surface area contributed by atoms with E-state index in [-0.39, 0.29) is 0 Å². The van der Waals surface area contributed by atoms with Gasteiger partial charge in [0.1, 0.15) is 0 Å². The van der Waals surface area contributed by atoms with Crippen LogP contribution in [-0.4, -0.2) is 13.6 Å². The molecule has 0 radical (unpaired) electrons. The molecular formula is C11H14N2. The molecule has 2 heteroatoms. The van der Waals surface area contributed by atoms with Crippen LogP contribution in [0.15, 0.2) is 36.5 Å². The van der Waals surface area contributed by atoms with Crippen molar-refractivity contribution < 1.29 is 0 Å². The molecule has 0 saturated heterocycles. The number of rotatable bonds is 0. The van der Waals surface area contributed by atoms with E-state index in [1.807, 2.05) is 6.07 Å². The zero-order valence-electron chi connectivity index (χ0n) is 7.88. The monoisotopic (exact) mass is 174 g/mol. The highest BCUT2D eigenvalue weighted by molar-refractivity contribution is 5.72. The van der Waals surface area contributed by atoms with Crippen LogP contribution in [0.3, 0.4) is 0 Å². The highest BCUT2D eigenvalue weighted by atomic mass is 15.1. The Morgan fingerprint density at radius 3 is 3.00 bits per heavy atom. The van der Waals surface area contributed by atoms with E-state index in [0.29, 0.717) is 0 Å². The molecule has 1 heterocycles. The third kappa shape index (κ3) is 1.52. The Hall–Kier alpha value is -1.44. The Morgan fingerprint density at radius 2 is 2.15 bits per heavy atom. The van der Waals surface area contributed by atoms with Gasteiger partial charge in [-0.05, 0) is 12.1 Å². The van der Waals surface area contributed by atoms with Crippen molar-refractivity contribution in [1.82, 2.24) is 0 Å². The molecule has 68 valence electrons. The summed E-state index contributed by atoms with van der Waals surface area (Å²) >= 11 is 0. The number of para-hydroxylation sites is 2. The maximum atomic E-state index is 3.97. The molecule has 0 spiro atoms. The van der Waals surface area contributed by atoms with Crippen molar-refractivity contribution in [2.45, 2.75) is 6.42 Å². The molecule has 0 aromatic heterocycles. The van der Waals surface area contributed by atoms with Gasteiger partial charge < -0.3 is 10.2 Å². The van der Waals surface area contributed by atoms with E-state index in [4.69, 9.17) is 0 Å². The number of benzene rings is 1. The quantitative estimate of drug-likeness (QED) is 0.650. The Morgan fingerprint density at radius 1 is 1.38 bits per heavy atom. The molecule has 0 bridgehead atoms. The summed E-state index contributed by atoms with van der Waals surface area (Å²) in [6.45, 7) is 5.00. The second kappa shape index (κ2) is 3.13. The van der Waals surface area contributed by atoms with Crippen LogP contribution in [-0.2, 0) is 0 Å². The van der Waals surface area contributed by atoms with Crippen LogP contribution in [0.4, 0.5) is 11.4 Å². The van der Waals surface area contributed by atoms with E-state index >= 15 is 0 Å². The predicted octanol–water partition coefficient (Wildman–Crippen LogP) is 2.45. The predicted molar refractivity (Wildman–Crippen MR) is 57.1 cm³/mol. The van der Waals surface area contributed by atoms with Crippen molar-refractivity contribution in [3.63, 3.8) is 0 Å². The third-order valence-electron chi connectivity index (χ3n) is 2.38. The van der Waals surface area contributed by atoms with Crippen LogP contribution in [0.25, 0.3) is 0 Å². The van der Waals surface area contributed by atoms with Gasteiger partial charge in [-0.1, -0.05) is 18.7 Å². The molecule has 2 rings (SSSR count). The minimum atomic E-state index is 1.01. The van der Waals surface area contributed by atoms with Crippen LogP contribution in [0, 0.1) is 0 Å². The summed E-state index contributed by atoms with van der Waals surface area (Å²) in [6, 6.07) is 8.31. The van der Waals surface area contributed by atoms with Crippen molar-refractivity contribution in [1.29, 1.82) is 0 Å². The average molecular weight is 174 g/mol. The lowest BCUT2D eigenvalue weighted by molar-refractivity contribution is 0.890. The normalized spacial score (nSPS) is 16.1. The fourth-order valence-corrected chi connectivity index (χ4v) is 1.59. The number of hydrogen-bond donors (Lipinski definition) is 1. The first-order chi connectivity index (χ1) is 6.27. The molecule has 1 aliphatic rings. The number of nitrogens with zero attached hydrogens (tertiary/aromatic N) is 1. The van der Waals surface area contributed by atoms with Gasteiger partial charge >= 0.3 is 0 Å². The number of fused-ring (bicyclic) bond motifs is 1. The maximum Gasteiger partial charge on any atom is 0.0619 e. The van der Waals surface area contributed by atoms with E-state index in [1.165, 1.54) is 5.69 Å². The lowest BCUT2D eigenvalue weighted by Gasteiger charge is -2.17. The smallest absolute Gasteiger partial charge is 0.0619 e. The Kier molecular flexibility index (Phi) is 1.97. The Labute approximate surface area is 78.9 Å². The summed E-state index contributed by atoms with van der Waals surface area (Å²) in [7, 11) is 2.11. The van der Waals surface area contributed by atoms with Gasteiger partial charge in [0.05, 0.1) is 11.4 Å². The fourth-order valence-electron chi connectivity index (χ4n) is 1.59. The molecule has 0 fully saturated rings. The summed E-state index contributed by atoms with van der Waals surface area (Å²) in [6.07, 6.45) is 1.01. The first kappa shape index (κ1) is 8.17. The molecule has 1 aromatic carbocycles. The van der Waals surface area contributed by atoms with Gasteiger partial charge in [0.2, 0.25) is 0 Å². The van der Waals surface area contributed by atoms with Crippen molar-refractivity contribution in [3.05, 3.63) is 36.5 Å². The van der Waals surface area contributed by atoms with Crippen LogP contribution >= 0.6 is 0 Å². The maximum absolute atomic E-state index is 3.97. The molecule has 0 amide bonds. The van der Waals surface area contributed by atoms with Gasteiger partial charge in [-0.15, -0.1) is 0 Å². The highest BCUT2D eigenvalue weighted by Gasteiger charge is 2.11. The number of anilines is 2. The van der Waals surface area contributed by atoms with E-state index in [9.17, 15) is 0 Å². The zero-order chi connectivity index (χ0) is 9.26. The fraction of sp³-hybridized carbons (Fsp3) is 0.273. The molecule has 0 saturated carbocycles. The van der Waals surface area contributed by atoms with Gasteiger partial charge in [-0.3, -0.25) is 0 Å². The summed E-state index contributed by atoms with van der Waals surface area (Å²) in [5.41, 5.74) is 3.51. The highest BCUT2D eigenvalue weighted by Crippen LogP contribution is 2.28. The summed E-state index contributed by atoms with van der Waals surface area (Å²) in [5.74, 6) is 0. The van der Waals surface area contributed by atoms with Crippen molar-refractivity contribution >= 4 is 11.4 Å². The molecule has 1 aromatic rings. The number of hydrogen-bond acceptors (Lipinski definition) is 2. The SMILES string of the molecule is C=C1CCN(C)c2ccccc2N1. The molecule has 13 heavy (non-hydrogen) atoms. The Bertz CT molecular complexity index is 331. The zero-order valence-corrected chi connectivity index (χ0v) is 7.88. The first-order valence-electron chi connectivity index (χ1n) is 4.52. The minimum absolute atomic E-state index is 1.01. The molecule has 0 unspecified atom stereocenters. The van der Waals surface area contributed by atoms with E-state index < -0.39 is 0 Å². The second-order valence-electron chi connectivity index (χ2n) is 3.42. The standard InChI is InChI=1S/C11H14N2/c1-9-7-8-13(2)11-6-4-3-5-10(11)12-9/h3-6,12H,1,7-8H2,2H3. The van der Waals surface area contributed by atoms with Crippen LogP contribution in [0.5, 0.6) is 0 Å². The summed E-state index contributed by atoms with van der Waals surface area (Å²) in [5, 5.41) is 3.32. The molecule has 1 aliphatic heterocycles. The summed E-state index contributed by atoms with van der Waals surface area (Å²) < 4.78 is 0. The lowest BCUT2D eigenvalue weighted by Crippen LogP contribution is -2.16. The van der Waals surface area contributed by atoms with Crippen molar-refractivity contribution in [3.8, 4) is 0 Å². The molecule has 1 N–H and O–H groups in total.